The van der Waals surface area contributed by atoms with Crippen LogP contribution in [0.3, 0.4) is 0 Å². The zero-order valence-electron chi connectivity index (χ0n) is 26.4. The van der Waals surface area contributed by atoms with Crippen molar-refractivity contribution in [3.8, 4) is 0 Å². The standard InChI is InChI=1S/C27H40O24/c1-44-15-8(30)12(34)27(50-18(15)22(38)39)48-17-10(32)13(35)26(51-20(17)24(42)43)47-14-4(21(36)37)3-5(6(28)7(14)29)46-16-9(31)11(33)25(45-2)49-19(16)23(40)41/h4-20,25-35H,3H2,1-2H3,(H,36,37)(H,38,39)(H,40,41)(H,42,43)/p-4/t4?,5-,6?,7-,8?,9?,10?,11?,12+,13?,14-,15+,16+,17+,18?,19?,20-,25-,26-,27-/m1/s1. The number of ether oxygens (including phenoxy) is 8. The van der Waals surface area contributed by atoms with Crippen molar-refractivity contribution in [1.29, 1.82) is 0 Å². The second kappa shape index (κ2) is 16.5. The summed E-state index contributed by atoms with van der Waals surface area (Å²) in [5.41, 5.74) is 0. The van der Waals surface area contributed by atoms with Gasteiger partial charge in [0.2, 0.25) is 0 Å². The lowest BCUT2D eigenvalue weighted by molar-refractivity contribution is -0.389. The molecule has 3 saturated heterocycles. The van der Waals surface area contributed by atoms with Gasteiger partial charge >= 0.3 is 0 Å². The van der Waals surface area contributed by atoms with Gasteiger partial charge in [0.1, 0.15) is 85.5 Å². The van der Waals surface area contributed by atoms with Crippen molar-refractivity contribution >= 4 is 23.9 Å². The molecule has 0 bridgehead atoms. The Labute approximate surface area is 285 Å². The molecule has 24 nitrogen and oxygen atoms in total. The minimum absolute atomic E-state index is 0.889. The summed E-state index contributed by atoms with van der Waals surface area (Å²) in [6.45, 7) is 0. The second-order valence-corrected chi connectivity index (χ2v) is 12.1. The average molecular weight is 745 g/mol. The fourth-order valence-corrected chi connectivity index (χ4v) is 6.30. The van der Waals surface area contributed by atoms with Crippen LogP contribution in [0, 0.1) is 5.92 Å². The molecule has 292 valence electrons. The van der Waals surface area contributed by atoms with Gasteiger partial charge in [0.15, 0.2) is 18.9 Å². The Hall–Kier alpha value is -2.76. The third-order valence-electron chi connectivity index (χ3n) is 9.00. The van der Waals surface area contributed by atoms with Crippen molar-refractivity contribution in [2.75, 3.05) is 14.2 Å². The van der Waals surface area contributed by atoms with Crippen molar-refractivity contribution in [3.05, 3.63) is 0 Å². The SMILES string of the molecule is CO[C@@H]1OC(C(=O)[O-])[C@@H](O[C@@H]2CC(C(=O)[O-])[C@@H](O[C@@H]3O[C@@H](C(=O)[O-])[C@@H](O[C@@H]4OC(C(=O)[O-])[C@@H](OC)C(O)[C@@H]4O)C(O)C3O)[C@H](O)C2O)C(O)C1O. The number of carbonyl (C=O) groups is 4. The summed E-state index contributed by atoms with van der Waals surface area (Å²) in [4.78, 5) is 47.4. The van der Waals surface area contributed by atoms with Gasteiger partial charge in [0.25, 0.3) is 0 Å². The first-order chi connectivity index (χ1) is 23.9. The molecule has 3 aliphatic heterocycles. The molecule has 0 radical (unpaired) electrons. The van der Waals surface area contributed by atoms with Crippen LogP contribution in [-0.2, 0) is 57.1 Å². The predicted octanol–water partition coefficient (Wildman–Crippen LogP) is -12.7. The maximum absolute atomic E-state index is 12.2. The number of carboxylic acid groups (broad SMARTS) is 4. The quantitative estimate of drug-likeness (QED) is 0.0919. The zero-order valence-corrected chi connectivity index (χ0v) is 26.4. The summed E-state index contributed by atoms with van der Waals surface area (Å²) >= 11 is 0. The molecule has 9 unspecified atom stereocenters. The lowest BCUT2D eigenvalue weighted by atomic mass is 9.80. The average Bonchev–Trinajstić information content (AvgIpc) is 3.07. The zero-order chi connectivity index (χ0) is 38.2. The van der Waals surface area contributed by atoms with Crippen LogP contribution in [0.5, 0.6) is 0 Å². The Balaban J connectivity index is 1.51. The molecule has 51 heavy (non-hydrogen) atoms. The van der Waals surface area contributed by atoms with Gasteiger partial charge in [0, 0.05) is 26.1 Å². The van der Waals surface area contributed by atoms with Crippen molar-refractivity contribution in [2.24, 2.45) is 5.92 Å². The molecule has 0 aromatic carbocycles. The van der Waals surface area contributed by atoms with E-state index in [1.807, 2.05) is 0 Å². The monoisotopic (exact) mass is 744 g/mol. The second-order valence-electron chi connectivity index (χ2n) is 12.1. The van der Waals surface area contributed by atoms with Crippen LogP contribution in [0.25, 0.3) is 0 Å². The maximum Gasteiger partial charge on any atom is 0.187 e. The Bertz CT molecular complexity index is 1250. The van der Waals surface area contributed by atoms with Crippen molar-refractivity contribution in [3.63, 3.8) is 0 Å². The largest absolute Gasteiger partial charge is 0.550 e. The highest BCUT2D eigenvalue weighted by Crippen LogP contribution is 2.36. The van der Waals surface area contributed by atoms with Gasteiger partial charge in [-0.15, -0.1) is 0 Å². The highest BCUT2D eigenvalue weighted by atomic mass is 16.8. The van der Waals surface area contributed by atoms with E-state index in [0.717, 1.165) is 14.2 Å². The molecule has 24 heteroatoms. The smallest absolute Gasteiger partial charge is 0.187 e. The lowest BCUT2D eigenvalue weighted by Gasteiger charge is -2.50. The fraction of sp³-hybridized carbons (Fsp3) is 0.852. The number of carbonyl (C=O) groups excluding carboxylic acids is 4. The molecular weight excluding hydrogens is 708 g/mol. The van der Waals surface area contributed by atoms with E-state index in [2.05, 4.69) is 0 Å². The van der Waals surface area contributed by atoms with Gasteiger partial charge < -0.3 is 118 Å². The summed E-state index contributed by atoms with van der Waals surface area (Å²) in [7, 11) is 1.98. The third kappa shape index (κ3) is 8.10. The topological polar surface area (TPSA) is 396 Å². The number of rotatable bonds is 12. The Morgan fingerprint density at radius 1 is 0.471 bits per heavy atom. The van der Waals surface area contributed by atoms with Gasteiger partial charge in [-0.3, -0.25) is 0 Å². The number of aliphatic carboxylic acids is 4. The van der Waals surface area contributed by atoms with E-state index in [9.17, 15) is 80.5 Å². The molecule has 0 amide bonds. The summed E-state index contributed by atoms with van der Waals surface area (Å²) in [5, 5.41) is 132. The molecular formula is C27H36O24-4. The molecule has 8 N–H and O–H groups in total. The number of carboxylic acids is 4. The van der Waals surface area contributed by atoms with E-state index >= 15 is 0 Å². The van der Waals surface area contributed by atoms with Crippen LogP contribution in [0.15, 0.2) is 0 Å². The fourth-order valence-electron chi connectivity index (χ4n) is 6.30. The van der Waals surface area contributed by atoms with E-state index in [-0.39, 0.29) is 0 Å². The first-order valence-corrected chi connectivity index (χ1v) is 15.1. The third-order valence-corrected chi connectivity index (χ3v) is 9.00. The predicted molar refractivity (Wildman–Crippen MR) is 138 cm³/mol. The van der Waals surface area contributed by atoms with E-state index in [1.165, 1.54) is 0 Å². The number of hydrogen-bond donors (Lipinski definition) is 8. The molecule has 0 spiro atoms. The van der Waals surface area contributed by atoms with Crippen molar-refractivity contribution < 1.29 is 118 Å². The van der Waals surface area contributed by atoms with Gasteiger partial charge in [-0.25, -0.2) is 0 Å². The maximum atomic E-state index is 12.2. The highest BCUT2D eigenvalue weighted by molar-refractivity contribution is 5.72. The molecule has 4 aliphatic rings. The summed E-state index contributed by atoms with van der Waals surface area (Å²) in [6, 6.07) is 0. The van der Waals surface area contributed by atoms with Crippen molar-refractivity contribution in [1.82, 2.24) is 0 Å². The minimum Gasteiger partial charge on any atom is -0.550 e. The highest BCUT2D eigenvalue weighted by Gasteiger charge is 2.55. The minimum atomic E-state index is -2.48. The lowest BCUT2D eigenvalue weighted by Crippen LogP contribution is -2.69. The number of aliphatic hydroxyl groups is 8. The van der Waals surface area contributed by atoms with Crippen LogP contribution >= 0.6 is 0 Å². The van der Waals surface area contributed by atoms with Crippen LogP contribution in [0.4, 0.5) is 0 Å². The Kier molecular flexibility index (Phi) is 13.3. The van der Waals surface area contributed by atoms with Crippen LogP contribution in [0.1, 0.15) is 6.42 Å². The van der Waals surface area contributed by atoms with Gasteiger partial charge in [-0.1, -0.05) is 0 Å². The van der Waals surface area contributed by atoms with E-state index in [0.29, 0.717) is 0 Å². The first-order valence-electron chi connectivity index (χ1n) is 15.1. The normalized spacial score (nSPS) is 47.7. The Morgan fingerprint density at radius 2 is 0.843 bits per heavy atom. The molecule has 1 saturated carbocycles. The summed E-state index contributed by atoms with van der Waals surface area (Å²) in [6.07, 6.45) is -41.4. The number of hydrogen-bond acceptors (Lipinski definition) is 24. The molecule has 3 heterocycles. The first kappa shape index (κ1) is 41.0. The molecule has 20 atom stereocenters. The summed E-state index contributed by atoms with van der Waals surface area (Å²) in [5.74, 6) is -10.1. The Morgan fingerprint density at radius 3 is 1.27 bits per heavy atom. The van der Waals surface area contributed by atoms with Crippen molar-refractivity contribution in [2.45, 2.75) is 123 Å². The van der Waals surface area contributed by atoms with Crippen LogP contribution in [-0.4, -0.2) is 195 Å². The summed E-state index contributed by atoms with van der Waals surface area (Å²) < 4.78 is 40.7. The molecule has 0 aromatic rings. The van der Waals surface area contributed by atoms with Gasteiger partial charge in [0.05, 0.1) is 30.1 Å². The molecule has 4 rings (SSSR count). The number of methoxy groups -OCH3 is 2. The van der Waals surface area contributed by atoms with Gasteiger partial charge in [-0.05, 0) is 6.42 Å². The van der Waals surface area contributed by atoms with E-state index in [1.54, 1.807) is 0 Å². The molecule has 1 aliphatic carbocycles. The van der Waals surface area contributed by atoms with Gasteiger partial charge in [-0.2, -0.15) is 0 Å². The van der Waals surface area contributed by atoms with Crippen LogP contribution in [0.2, 0.25) is 0 Å². The van der Waals surface area contributed by atoms with E-state index in [4.69, 9.17) is 37.9 Å². The van der Waals surface area contributed by atoms with Crippen LogP contribution < -0.4 is 20.4 Å². The molecule has 0 aromatic heterocycles. The number of aliphatic hydroxyl groups excluding tert-OH is 8. The van der Waals surface area contributed by atoms with E-state index < -0.39 is 153 Å². The molecule has 4 fully saturated rings.